The monoisotopic (exact) mass is 234 g/mol. The van der Waals surface area contributed by atoms with Crippen molar-refractivity contribution in [2.45, 2.75) is 13.8 Å². The summed E-state index contributed by atoms with van der Waals surface area (Å²) in [5.74, 6) is 0. The number of hydrogen-bond donors (Lipinski definition) is 0. The van der Waals surface area contributed by atoms with Crippen LogP contribution in [0.5, 0.6) is 0 Å². The van der Waals surface area contributed by atoms with Gasteiger partial charge < -0.3 is 13.8 Å². The molecule has 0 aromatic rings. The molecule has 0 N–H and O–H groups in total. The molecule has 0 aliphatic rings. The van der Waals surface area contributed by atoms with Crippen LogP contribution >= 0.6 is 19.1 Å². The Morgan fingerprint density at radius 2 is 1.00 bits per heavy atom. The molecule has 0 saturated heterocycles. The van der Waals surface area contributed by atoms with Gasteiger partial charge in [0.1, 0.15) is 0 Å². The van der Waals surface area contributed by atoms with Crippen molar-refractivity contribution in [3.05, 3.63) is 13.8 Å². The first-order chi connectivity index (χ1) is 3.41. The summed E-state index contributed by atoms with van der Waals surface area (Å²) in [6.45, 7) is 10.0. The molecule has 0 nitrogen and oxygen atoms in total. The zero-order valence-corrected chi connectivity index (χ0v) is 7.55. The van der Waals surface area contributed by atoms with Gasteiger partial charge in [0.25, 0.3) is 0 Å². The molecule has 3 heteroatoms. The van der Waals surface area contributed by atoms with E-state index in [0.29, 0.717) is 0 Å². The first kappa shape index (κ1) is 15.7. The summed E-state index contributed by atoms with van der Waals surface area (Å²) in [6, 6.07) is 0. The molecule has 0 aromatic carbocycles. The molecule has 0 fully saturated rings. The molecule has 0 radical (unpaired) electrons. The van der Waals surface area contributed by atoms with Gasteiger partial charge in [0.2, 0.25) is 0 Å². The molecule has 0 spiro atoms. The molecule has 52 valence electrons. The Balaban J connectivity index is -0.0000000360. The van der Waals surface area contributed by atoms with Gasteiger partial charge in [-0.15, -0.1) is 0 Å². The van der Waals surface area contributed by atoms with Gasteiger partial charge in [-0.1, -0.05) is 0 Å². The van der Waals surface area contributed by atoms with E-state index < -0.39 is 0 Å². The molecule has 7 heavy (non-hydrogen) atoms. The van der Waals surface area contributed by atoms with Gasteiger partial charge in [0.15, 0.2) is 0 Å². The minimum atomic E-state index is -0.106. The van der Waals surface area contributed by atoms with Crippen molar-refractivity contribution in [2.24, 2.45) is 0 Å². The molecule has 0 atom stereocenters. The number of hydrogen-bond acceptors (Lipinski definition) is 0. The van der Waals surface area contributed by atoms with E-state index in [4.69, 9.17) is 19.1 Å². The first-order valence-electron chi connectivity index (χ1n) is 1.65. The van der Waals surface area contributed by atoms with Gasteiger partial charge in [-0.05, 0) is 0 Å². The van der Waals surface area contributed by atoms with E-state index in [9.17, 15) is 0 Å². The first-order valence-corrected chi connectivity index (χ1v) is 5.66. The van der Waals surface area contributed by atoms with Gasteiger partial charge in [-0.3, -0.25) is 0 Å². The zero-order chi connectivity index (χ0) is 6.71. The van der Waals surface area contributed by atoms with Gasteiger partial charge in [-0.2, -0.15) is 13.8 Å². The van der Waals surface area contributed by atoms with Crippen molar-refractivity contribution < 1.29 is 15.9 Å². The van der Waals surface area contributed by atoms with Crippen LogP contribution in [0.1, 0.15) is 13.8 Å². The molecular weight excluding hydrogens is 225 g/mol. The Labute approximate surface area is 62.7 Å². The van der Waals surface area contributed by atoms with Crippen LogP contribution < -0.4 is 0 Å². The second-order valence-electron chi connectivity index (χ2n) is 0.0452. The SMILES string of the molecule is [CH2-]C.[CH2-]C.[Cl][Pd][Cl]. The van der Waals surface area contributed by atoms with E-state index >= 15 is 0 Å². The Morgan fingerprint density at radius 1 is 1.00 bits per heavy atom. The predicted molar refractivity (Wildman–Crippen MR) is 33.8 cm³/mol. The van der Waals surface area contributed by atoms with E-state index in [0.717, 1.165) is 0 Å². The normalized spacial score (nSPS) is 4.86. The van der Waals surface area contributed by atoms with Crippen LogP contribution in [0.4, 0.5) is 0 Å². The average Bonchev–Trinajstić information content (AvgIpc) is 1.78. The Kier molecular flexibility index (Phi) is 126. The third-order valence-corrected chi connectivity index (χ3v) is 0. The Bertz CT molecular complexity index is 9.65. The fourth-order valence-corrected chi connectivity index (χ4v) is 0. The van der Waals surface area contributed by atoms with E-state index in [2.05, 4.69) is 13.8 Å². The minimum absolute atomic E-state index is 0.106. The van der Waals surface area contributed by atoms with Crippen molar-refractivity contribution in [1.29, 1.82) is 0 Å². The van der Waals surface area contributed by atoms with Crippen molar-refractivity contribution >= 4 is 19.1 Å². The predicted octanol–water partition coefficient (Wildman–Crippen LogP) is 3.06. The average molecular weight is 235 g/mol. The molecule has 0 amide bonds. The Morgan fingerprint density at radius 3 is 1.00 bits per heavy atom. The van der Waals surface area contributed by atoms with Gasteiger partial charge >= 0.3 is 35.0 Å². The van der Waals surface area contributed by atoms with Crippen LogP contribution in [0.25, 0.3) is 0 Å². The summed E-state index contributed by atoms with van der Waals surface area (Å²) in [6.07, 6.45) is 0. The molecule has 0 aromatic heterocycles. The second-order valence-corrected chi connectivity index (χ2v) is 2.41. The van der Waals surface area contributed by atoms with Gasteiger partial charge in [0, 0.05) is 0 Å². The molecule has 0 aliphatic heterocycles. The molecular formula is C4H10Cl2Pd-2. The van der Waals surface area contributed by atoms with Crippen LogP contribution in [-0.4, -0.2) is 0 Å². The molecule has 0 rings (SSSR count). The second kappa shape index (κ2) is 56.1. The van der Waals surface area contributed by atoms with Crippen molar-refractivity contribution in [2.75, 3.05) is 0 Å². The van der Waals surface area contributed by atoms with Crippen molar-refractivity contribution in [1.82, 2.24) is 0 Å². The van der Waals surface area contributed by atoms with Crippen LogP contribution in [-0.2, 0) is 15.9 Å². The maximum absolute atomic E-state index is 4.81. The molecule has 0 saturated carbocycles. The third-order valence-electron chi connectivity index (χ3n) is 0. The maximum atomic E-state index is 4.81. The van der Waals surface area contributed by atoms with Crippen LogP contribution in [0, 0.1) is 13.8 Å². The Hall–Kier alpha value is 1.24. The van der Waals surface area contributed by atoms with E-state index in [1.54, 1.807) is 13.8 Å². The standard InChI is InChI=1S/2C2H5.2ClH.Pd/c2*1-2;;;/h2*1H2,2H3;2*1H;/q2*-1;;;+2/p-2. The molecule has 0 heterocycles. The van der Waals surface area contributed by atoms with E-state index in [-0.39, 0.29) is 15.9 Å². The summed E-state index contributed by atoms with van der Waals surface area (Å²) in [4.78, 5) is 0. The summed E-state index contributed by atoms with van der Waals surface area (Å²) in [5.41, 5.74) is 0. The topological polar surface area (TPSA) is 0 Å². The zero-order valence-electron chi connectivity index (χ0n) is 4.49. The van der Waals surface area contributed by atoms with Gasteiger partial charge in [0.05, 0.1) is 0 Å². The fraction of sp³-hybridized carbons (Fsp3) is 0.500. The summed E-state index contributed by atoms with van der Waals surface area (Å²) in [5, 5.41) is 0. The van der Waals surface area contributed by atoms with Crippen LogP contribution in [0.2, 0.25) is 0 Å². The van der Waals surface area contributed by atoms with Gasteiger partial charge in [-0.25, -0.2) is 0 Å². The van der Waals surface area contributed by atoms with Crippen molar-refractivity contribution in [3.8, 4) is 0 Å². The molecule has 0 aliphatic carbocycles. The summed E-state index contributed by atoms with van der Waals surface area (Å²) < 4.78 is 0. The fourth-order valence-electron chi connectivity index (χ4n) is 0. The quantitative estimate of drug-likeness (QED) is 0.447. The van der Waals surface area contributed by atoms with E-state index in [1.165, 1.54) is 0 Å². The molecule has 0 bridgehead atoms. The van der Waals surface area contributed by atoms with Crippen LogP contribution in [0.15, 0.2) is 0 Å². The summed E-state index contributed by atoms with van der Waals surface area (Å²) in [7, 11) is 9.63. The summed E-state index contributed by atoms with van der Waals surface area (Å²) >= 11 is -0.106. The number of halogens is 2. The van der Waals surface area contributed by atoms with Crippen LogP contribution in [0.3, 0.4) is 0 Å². The van der Waals surface area contributed by atoms with E-state index in [1.807, 2.05) is 0 Å². The number of rotatable bonds is 0. The third kappa shape index (κ3) is 129. The van der Waals surface area contributed by atoms with Crippen molar-refractivity contribution in [3.63, 3.8) is 0 Å². The molecule has 0 unspecified atom stereocenters.